The molecule has 1 amide bonds. The van der Waals surface area contributed by atoms with E-state index < -0.39 is 16.7 Å². The summed E-state index contributed by atoms with van der Waals surface area (Å²) in [6.45, 7) is 1.84. The van der Waals surface area contributed by atoms with E-state index in [2.05, 4.69) is 10.1 Å². The SMILES string of the molecule is CCCC(=O)Nc1cc(C(=O)OC)cc([SH](=O)=O)c1Oc1ccccc1. The Morgan fingerprint density at radius 2 is 1.81 bits per heavy atom. The highest BCUT2D eigenvalue weighted by Crippen LogP contribution is 2.36. The number of benzene rings is 2. The molecular weight excluding hydrogens is 358 g/mol. The molecule has 0 heterocycles. The average Bonchev–Trinajstić information content (AvgIpc) is 2.63. The van der Waals surface area contributed by atoms with Crippen LogP contribution in [0.1, 0.15) is 30.1 Å². The summed E-state index contributed by atoms with van der Waals surface area (Å²) in [6.07, 6.45) is 0.853. The van der Waals surface area contributed by atoms with E-state index in [1.807, 2.05) is 6.92 Å². The second-order valence-electron chi connectivity index (χ2n) is 5.33. The van der Waals surface area contributed by atoms with Crippen LogP contribution in [-0.4, -0.2) is 27.4 Å². The zero-order valence-electron chi connectivity index (χ0n) is 14.4. The molecule has 7 nitrogen and oxygen atoms in total. The molecule has 0 aliphatic rings. The predicted octanol–water partition coefficient (Wildman–Crippen LogP) is 2.97. The Labute approximate surface area is 152 Å². The van der Waals surface area contributed by atoms with Crippen LogP contribution >= 0.6 is 0 Å². The lowest BCUT2D eigenvalue weighted by Gasteiger charge is -2.15. The molecule has 2 aromatic rings. The summed E-state index contributed by atoms with van der Waals surface area (Å²) in [6, 6.07) is 11.0. The van der Waals surface area contributed by atoms with Gasteiger partial charge in [0.25, 0.3) is 0 Å². The molecule has 0 saturated carbocycles. The van der Waals surface area contributed by atoms with Crippen molar-refractivity contribution in [2.24, 2.45) is 0 Å². The Balaban J connectivity index is 2.59. The summed E-state index contributed by atoms with van der Waals surface area (Å²) < 4.78 is 33.8. The number of carbonyl (C=O) groups excluding carboxylic acids is 2. The van der Waals surface area contributed by atoms with Crippen molar-refractivity contribution in [3.8, 4) is 11.5 Å². The molecule has 0 aliphatic carbocycles. The smallest absolute Gasteiger partial charge is 0.337 e. The normalized spacial score (nSPS) is 10.4. The van der Waals surface area contributed by atoms with Crippen LogP contribution in [0.15, 0.2) is 47.4 Å². The Hall–Kier alpha value is -2.87. The Kier molecular flexibility index (Phi) is 6.74. The van der Waals surface area contributed by atoms with E-state index in [-0.39, 0.29) is 34.2 Å². The van der Waals surface area contributed by atoms with Crippen LogP contribution in [0.2, 0.25) is 0 Å². The van der Waals surface area contributed by atoms with Gasteiger partial charge in [0, 0.05) is 6.42 Å². The molecule has 0 aliphatic heterocycles. The van der Waals surface area contributed by atoms with Gasteiger partial charge in [0.1, 0.15) is 10.6 Å². The molecule has 0 radical (unpaired) electrons. The van der Waals surface area contributed by atoms with Crippen molar-refractivity contribution >= 4 is 28.3 Å². The maximum atomic E-state index is 12.0. The van der Waals surface area contributed by atoms with Crippen molar-refractivity contribution < 1.29 is 27.5 Å². The number of esters is 1. The van der Waals surface area contributed by atoms with Crippen LogP contribution in [0, 0.1) is 0 Å². The Morgan fingerprint density at radius 3 is 2.38 bits per heavy atom. The fourth-order valence-corrected chi connectivity index (χ4v) is 2.81. The number of ether oxygens (including phenoxy) is 2. The third-order valence-corrected chi connectivity index (χ3v) is 4.13. The fraction of sp³-hybridized carbons (Fsp3) is 0.222. The minimum absolute atomic E-state index is 0.00564. The standard InChI is InChI=1S/C18H19NO6S/c1-3-7-16(20)19-14-10-12(18(21)24-2)11-15(26(22)23)17(14)25-13-8-5-4-6-9-13/h4-6,8-11,26H,3,7H2,1-2H3,(H,19,20). The van der Waals surface area contributed by atoms with E-state index in [1.54, 1.807) is 30.3 Å². The van der Waals surface area contributed by atoms with Gasteiger partial charge in [-0.2, -0.15) is 0 Å². The van der Waals surface area contributed by atoms with Crippen molar-refractivity contribution in [1.29, 1.82) is 0 Å². The molecule has 2 aromatic carbocycles. The van der Waals surface area contributed by atoms with Gasteiger partial charge >= 0.3 is 5.97 Å². The predicted molar refractivity (Wildman–Crippen MR) is 96.4 cm³/mol. The number of methoxy groups -OCH3 is 1. The number of thiol groups is 1. The lowest BCUT2D eigenvalue weighted by atomic mass is 10.1. The summed E-state index contributed by atoms with van der Waals surface area (Å²) in [4.78, 5) is 23.6. The van der Waals surface area contributed by atoms with E-state index in [4.69, 9.17) is 4.74 Å². The van der Waals surface area contributed by atoms with Gasteiger partial charge in [-0.1, -0.05) is 25.1 Å². The van der Waals surface area contributed by atoms with Crippen molar-refractivity contribution in [3.63, 3.8) is 0 Å². The highest BCUT2D eigenvalue weighted by Gasteiger charge is 2.20. The Bertz CT molecular complexity index is 869. The van der Waals surface area contributed by atoms with E-state index >= 15 is 0 Å². The number of para-hydroxylation sites is 1. The molecule has 0 fully saturated rings. The van der Waals surface area contributed by atoms with Gasteiger partial charge in [0.15, 0.2) is 16.5 Å². The molecule has 1 N–H and O–H groups in total. The van der Waals surface area contributed by atoms with Crippen molar-refractivity contribution in [3.05, 3.63) is 48.0 Å². The van der Waals surface area contributed by atoms with E-state index in [0.717, 1.165) is 6.07 Å². The lowest BCUT2D eigenvalue weighted by Crippen LogP contribution is -2.13. The number of nitrogens with one attached hydrogen (secondary N) is 1. The number of rotatable bonds is 7. The van der Waals surface area contributed by atoms with Gasteiger partial charge in [-0.3, -0.25) is 4.79 Å². The number of carbonyl (C=O) groups is 2. The first-order valence-electron chi connectivity index (χ1n) is 7.89. The Morgan fingerprint density at radius 1 is 1.12 bits per heavy atom. The molecule has 8 heteroatoms. The van der Waals surface area contributed by atoms with Gasteiger partial charge in [-0.15, -0.1) is 0 Å². The van der Waals surface area contributed by atoms with Crippen LogP contribution in [0.25, 0.3) is 0 Å². The van der Waals surface area contributed by atoms with E-state index in [0.29, 0.717) is 12.2 Å². The minimum Gasteiger partial charge on any atom is -0.465 e. The maximum absolute atomic E-state index is 12.0. The molecular formula is C18H19NO6S. The van der Waals surface area contributed by atoms with Crippen LogP contribution in [0.3, 0.4) is 0 Å². The minimum atomic E-state index is -3.09. The van der Waals surface area contributed by atoms with Crippen LogP contribution in [0.5, 0.6) is 11.5 Å². The third-order valence-electron chi connectivity index (χ3n) is 3.40. The summed E-state index contributed by atoms with van der Waals surface area (Å²) >= 11 is 0. The molecule has 138 valence electrons. The van der Waals surface area contributed by atoms with Gasteiger partial charge < -0.3 is 14.8 Å². The summed E-state index contributed by atoms with van der Waals surface area (Å²) in [7, 11) is -1.91. The quantitative estimate of drug-likeness (QED) is 0.569. The summed E-state index contributed by atoms with van der Waals surface area (Å²) in [5, 5.41) is 2.61. The van der Waals surface area contributed by atoms with Crippen molar-refractivity contribution in [2.45, 2.75) is 24.7 Å². The molecule has 26 heavy (non-hydrogen) atoms. The molecule has 0 aromatic heterocycles. The third kappa shape index (κ3) is 4.82. The summed E-state index contributed by atoms with van der Waals surface area (Å²) in [5.41, 5.74) is 0.0818. The molecule has 0 unspecified atom stereocenters. The van der Waals surface area contributed by atoms with Crippen molar-refractivity contribution in [1.82, 2.24) is 0 Å². The van der Waals surface area contributed by atoms with Gasteiger partial charge in [0.2, 0.25) is 5.91 Å². The maximum Gasteiger partial charge on any atom is 0.337 e. The van der Waals surface area contributed by atoms with Gasteiger partial charge in [-0.05, 0) is 30.7 Å². The van der Waals surface area contributed by atoms with Crippen LogP contribution in [-0.2, 0) is 20.2 Å². The number of hydrogen-bond donors (Lipinski definition) is 2. The van der Waals surface area contributed by atoms with E-state index in [1.165, 1.54) is 13.2 Å². The van der Waals surface area contributed by atoms with Gasteiger partial charge in [-0.25, -0.2) is 13.2 Å². The number of anilines is 1. The first-order valence-corrected chi connectivity index (χ1v) is 9.07. The van der Waals surface area contributed by atoms with Crippen LogP contribution < -0.4 is 10.1 Å². The molecule has 0 bridgehead atoms. The van der Waals surface area contributed by atoms with Gasteiger partial charge in [0.05, 0.1) is 18.4 Å². The highest BCUT2D eigenvalue weighted by molar-refractivity contribution is 7.72. The summed E-state index contributed by atoms with van der Waals surface area (Å²) in [5.74, 6) is -0.702. The molecule has 2 rings (SSSR count). The monoisotopic (exact) mass is 377 g/mol. The zero-order valence-corrected chi connectivity index (χ0v) is 15.2. The molecule has 0 saturated heterocycles. The highest BCUT2D eigenvalue weighted by atomic mass is 32.2. The lowest BCUT2D eigenvalue weighted by molar-refractivity contribution is -0.116. The number of hydrogen-bond acceptors (Lipinski definition) is 6. The fourth-order valence-electron chi connectivity index (χ4n) is 2.23. The topological polar surface area (TPSA) is 98.8 Å². The largest absolute Gasteiger partial charge is 0.465 e. The zero-order chi connectivity index (χ0) is 19.1. The average molecular weight is 377 g/mol. The second kappa shape index (κ2) is 9.00. The second-order valence-corrected chi connectivity index (χ2v) is 6.33. The van der Waals surface area contributed by atoms with Crippen molar-refractivity contribution in [2.75, 3.05) is 12.4 Å². The first kappa shape index (κ1) is 19.5. The van der Waals surface area contributed by atoms with E-state index in [9.17, 15) is 18.0 Å². The first-order chi connectivity index (χ1) is 12.5. The van der Waals surface area contributed by atoms with Crippen LogP contribution in [0.4, 0.5) is 5.69 Å². The molecule has 0 spiro atoms. The number of amides is 1. The molecule has 0 atom stereocenters.